The third kappa shape index (κ3) is 5.46. The molecule has 2 N–H and O–H groups in total. The summed E-state index contributed by atoms with van der Waals surface area (Å²) in [5.41, 5.74) is 5.76. The zero-order valence-corrected chi connectivity index (χ0v) is 14.6. The maximum atomic E-state index is 13.5. The normalized spacial score (nSPS) is 14.4. The first-order valence-electron chi connectivity index (χ1n) is 8.12. The molecule has 0 amide bonds. The molecule has 25 heavy (non-hydrogen) atoms. The van der Waals surface area contributed by atoms with E-state index in [1.807, 2.05) is 13.8 Å². The average molecular weight is 352 g/mol. The smallest absolute Gasteiger partial charge is 0.419 e. The van der Waals surface area contributed by atoms with E-state index in [1.165, 1.54) is 6.07 Å². The van der Waals surface area contributed by atoms with Crippen molar-refractivity contribution < 1.29 is 17.9 Å². The van der Waals surface area contributed by atoms with E-state index in [1.54, 1.807) is 37.5 Å². The molecule has 0 fully saturated rings. The fourth-order valence-corrected chi connectivity index (χ4v) is 2.84. The van der Waals surface area contributed by atoms with Gasteiger partial charge in [-0.05, 0) is 54.7 Å². The summed E-state index contributed by atoms with van der Waals surface area (Å²) in [5.74, 6) is 0.125. The standard InChI is InChI=1S/C19H23F3N2O/c1-13(2)11-18(3,23)12-25-17-5-4-15(10-16(17)19(20,21)22)14-6-8-24-9-7-14/h4-10,13H,11-12,23H2,1-3H3/t18-/m1/s1. The molecule has 0 saturated heterocycles. The molecule has 0 unspecified atom stereocenters. The van der Waals surface area contributed by atoms with Crippen LogP contribution in [-0.2, 0) is 6.18 Å². The summed E-state index contributed by atoms with van der Waals surface area (Å²) in [7, 11) is 0. The zero-order valence-electron chi connectivity index (χ0n) is 14.6. The van der Waals surface area contributed by atoms with Crippen LogP contribution in [0.1, 0.15) is 32.8 Å². The van der Waals surface area contributed by atoms with Gasteiger partial charge >= 0.3 is 6.18 Å². The number of benzene rings is 1. The van der Waals surface area contributed by atoms with Gasteiger partial charge in [-0.15, -0.1) is 0 Å². The van der Waals surface area contributed by atoms with Gasteiger partial charge < -0.3 is 10.5 Å². The molecule has 0 aliphatic rings. The average Bonchev–Trinajstić information content (AvgIpc) is 2.51. The van der Waals surface area contributed by atoms with Gasteiger partial charge in [0.25, 0.3) is 0 Å². The fraction of sp³-hybridized carbons (Fsp3) is 0.421. The lowest BCUT2D eigenvalue weighted by Crippen LogP contribution is -2.43. The second-order valence-corrected chi connectivity index (χ2v) is 6.99. The summed E-state index contributed by atoms with van der Waals surface area (Å²) in [6.45, 7) is 5.82. The Labute approximate surface area is 146 Å². The van der Waals surface area contributed by atoms with Crippen LogP contribution in [0.3, 0.4) is 0 Å². The van der Waals surface area contributed by atoms with Crippen LogP contribution in [0.4, 0.5) is 13.2 Å². The van der Waals surface area contributed by atoms with Gasteiger partial charge in [-0.1, -0.05) is 19.9 Å². The fourth-order valence-electron chi connectivity index (χ4n) is 2.84. The molecule has 3 nitrogen and oxygen atoms in total. The molecule has 2 rings (SSSR count). The molecule has 0 spiro atoms. The van der Waals surface area contributed by atoms with Gasteiger partial charge in [-0.25, -0.2) is 0 Å². The summed E-state index contributed by atoms with van der Waals surface area (Å²) >= 11 is 0. The van der Waals surface area contributed by atoms with Crippen molar-refractivity contribution in [3.8, 4) is 16.9 Å². The van der Waals surface area contributed by atoms with Crippen LogP contribution in [0, 0.1) is 5.92 Å². The van der Waals surface area contributed by atoms with Crippen LogP contribution >= 0.6 is 0 Å². The number of aromatic nitrogens is 1. The minimum Gasteiger partial charge on any atom is -0.491 e. The molecule has 1 aromatic heterocycles. The summed E-state index contributed by atoms with van der Waals surface area (Å²) in [4.78, 5) is 3.88. The summed E-state index contributed by atoms with van der Waals surface area (Å²) < 4.78 is 45.8. The first-order chi connectivity index (χ1) is 11.6. The third-order valence-electron chi connectivity index (χ3n) is 3.73. The molecule has 1 heterocycles. The van der Waals surface area contributed by atoms with Gasteiger partial charge in [0.1, 0.15) is 12.4 Å². The SMILES string of the molecule is CC(C)C[C@@](C)(N)COc1ccc(-c2ccncc2)cc1C(F)(F)F. The maximum absolute atomic E-state index is 13.5. The van der Waals surface area contributed by atoms with Crippen LogP contribution < -0.4 is 10.5 Å². The molecule has 0 aliphatic heterocycles. The lowest BCUT2D eigenvalue weighted by Gasteiger charge is -2.27. The highest BCUT2D eigenvalue weighted by atomic mass is 19.4. The van der Waals surface area contributed by atoms with E-state index in [-0.39, 0.29) is 12.4 Å². The minimum atomic E-state index is -4.51. The second kappa shape index (κ2) is 7.44. The number of rotatable bonds is 6. The highest BCUT2D eigenvalue weighted by Gasteiger charge is 2.35. The lowest BCUT2D eigenvalue weighted by molar-refractivity contribution is -0.139. The van der Waals surface area contributed by atoms with E-state index in [0.717, 1.165) is 6.07 Å². The van der Waals surface area contributed by atoms with E-state index < -0.39 is 17.3 Å². The van der Waals surface area contributed by atoms with E-state index in [0.29, 0.717) is 23.5 Å². The van der Waals surface area contributed by atoms with Crippen molar-refractivity contribution in [3.63, 3.8) is 0 Å². The van der Waals surface area contributed by atoms with Crippen LogP contribution in [0.2, 0.25) is 0 Å². The minimum absolute atomic E-state index is 0.0167. The molecule has 0 saturated carbocycles. The van der Waals surface area contributed by atoms with Crippen molar-refractivity contribution in [2.75, 3.05) is 6.61 Å². The molecule has 0 aliphatic carbocycles. The highest BCUT2D eigenvalue weighted by Crippen LogP contribution is 2.39. The number of pyridine rings is 1. The van der Waals surface area contributed by atoms with Crippen LogP contribution in [0.5, 0.6) is 5.75 Å². The molecule has 0 radical (unpaired) electrons. The van der Waals surface area contributed by atoms with Gasteiger partial charge in [0.2, 0.25) is 0 Å². The first kappa shape index (κ1) is 19.2. The molecule has 136 valence electrons. The van der Waals surface area contributed by atoms with Crippen molar-refractivity contribution in [1.82, 2.24) is 4.98 Å². The van der Waals surface area contributed by atoms with Crippen LogP contribution in [-0.4, -0.2) is 17.1 Å². The predicted molar refractivity (Wildman–Crippen MR) is 92.2 cm³/mol. The molecule has 6 heteroatoms. The Morgan fingerprint density at radius 2 is 1.72 bits per heavy atom. The topological polar surface area (TPSA) is 48.1 Å². The van der Waals surface area contributed by atoms with Gasteiger partial charge in [-0.2, -0.15) is 13.2 Å². The van der Waals surface area contributed by atoms with E-state index in [2.05, 4.69) is 4.98 Å². The summed E-state index contributed by atoms with van der Waals surface area (Å²) in [6.07, 6.45) is -0.775. The Kier molecular flexibility index (Phi) is 5.72. The molecular weight excluding hydrogens is 329 g/mol. The molecule has 1 aromatic carbocycles. The van der Waals surface area contributed by atoms with E-state index >= 15 is 0 Å². The van der Waals surface area contributed by atoms with Gasteiger partial charge in [0.05, 0.1) is 5.56 Å². The van der Waals surface area contributed by atoms with Crippen LogP contribution in [0.15, 0.2) is 42.7 Å². The number of hydrogen-bond acceptors (Lipinski definition) is 3. The van der Waals surface area contributed by atoms with Gasteiger partial charge in [-0.3, -0.25) is 4.98 Å². The number of hydrogen-bond donors (Lipinski definition) is 1. The quantitative estimate of drug-likeness (QED) is 0.803. The Balaban J connectivity index is 2.29. The first-order valence-corrected chi connectivity index (χ1v) is 8.12. The van der Waals surface area contributed by atoms with Crippen molar-refractivity contribution in [1.29, 1.82) is 0 Å². The van der Waals surface area contributed by atoms with Crippen molar-refractivity contribution in [3.05, 3.63) is 48.3 Å². The van der Waals surface area contributed by atoms with Crippen molar-refractivity contribution in [2.24, 2.45) is 11.7 Å². The Hall–Kier alpha value is -2.08. The molecular formula is C19H23F3N2O. The van der Waals surface area contributed by atoms with Crippen LogP contribution in [0.25, 0.3) is 11.1 Å². The number of nitrogens with zero attached hydrogens (tertiary/aromatic N) is 1. The van der Waals surface area contributed by atoms with E-state index in [4.69, 9.17) is 10.5 Å². The number of alkyl halides is 3. The Morgan fingerprint density at radius 3 is 2.28 bits per heavy atom. The number of halogens is 3. The second-order valence-electron chi connectivity index (χ2n) is 6.99. The number of nitrogens with two attached hydrogens (primary N) is 1. The van der Waals surface area contributed by atoms with Crippen molar-refractivity contribution in [2.45, 2.75) is 38.9 Å². The Morgan fingerprint density at radius 1 is 1.08 bits per heavy atom. The molecule has 2 aromatic rings. The molecule has 0 bridgehead atoms. The van der Waals surface area contributed by atoms with Crippen molar-refractivity contribution >= 4 is 0 Å². The number of ether oxygens (including phenoxy) is 1. The maximum Gasteiger partial charge on any atom is 0.419 e. The monoisotopic (exact) mass is 352 g/mol. The van der Waals surface area contributed by atoms with Gasteiger partial charge in [0, 0.05) is 17.9 Å². The largest absolute Gasteiger partial charge is 0.491 e. The summed E-state index contributed by atoms with van der Waals surface area (Å²) in [5, 5.41) is 0. The highest BCUT2D eigenvalue weighted by molar-refractivity contribution is 5.65. The third-order valence-corrected chi connectivity index (χ3v) is 3.73. The summed E-state index contributed by atoms with van der Waals surface area (Å²) in [6, 6.07) is 7.38. The van der Waals surface area contributed by atoms with Gasteiger partial charge in [0.15, 0.2) is 0 Å². The predicted octanol–water partition coefficient (Wildman–Crippen LogP) is 4.91. The lowest BCUT2D eigenvalue weighted by atomic mass is 9.93. The Bertz CT molecular complexity index is 698. The zero-order chi connectivity index (χ0) is 18.7. The van der Waals surface area contributed by atoms with E-state index in [9.17, 15) is 13.2 Å². The molecule has 1 atom stereocenters.